The van der Waals surface area contributed by atoms with E-state index in [9.17, 15) is 18.0 Å². The van der Waals surface area contributed by atoms with E-state index in [1.807, 2.05) is 101 Å². The van der Waals surface area contributed by atoms with Gasteiger partial charge >= 0.3 is 0 Å². The number of nitrogens with zero attached hydrogens (tertiary/aromatic N) is 2. The van der Waals surface area contributed by atoms with Crippen LogP contribution in [-0.4, -0.2) is 43.8 Å². The first kappa shape index (κ1) is 33.5. The van der Waals surface area contributed by atoms with Gasteiger partial charge in [0.15, 0.2) is 0 Å². The topological polar surface area (TPSA) is 86.8 Å². The Kier molecular flexibility index (Phi) is 11.2. The molecule has 0 spiro atoms. The van der Waals surface area contributed by atoms with Crippen LogP contribution in [0.15, 0.2) is 108 Å². The minimum Gasteiger partial charge on any atom is -0.352 e. The van der Waals surface area contributed by atoms with Gasteiger partial charge < -0.3 is 10.2 Å². The summed E-state index contributed by atoms with van der Waals surface area (Å²) in [5.41, 5.74) is 4.95. The second-order valence-electron chi connectivity index (χ2n) is 11.6. The second kappa shape index (κ2) is 15.0. The van der Waals surface area contributed by atoms with Crippen LogP contribution in [0.5, 0.6) is 0 Å². The van der Waals surface area contributed by atoms with Crippen molar-refractivity contribution in [1.29, 1.82) is 0 Å². The van der Waals surface area contributed by atoms with Gasteiger partial charge in [-0.2, -0.15) is 0 Å². The van der Waals surface area contributed by atoms with Crippen molar-refractivity contribution in [2.45, 2.75) is 71.0 Å². The molecule has 0 aliphatic rings. The van der Waals surface area contributed by atoms with Crippen LogP contribution in [0.3, 0.4) is 0 Å². The monoisotopic (exact) mass is 625 g/mol. The van der Waals surface area contributed by atoms with Crippen molar-refractivity contribution in [3.8, 4) is 0 Å². The summed E-state index contributed by atoms with van der Waals surface area (Å²) in [6, 6.07) is 30.0. The van der Waals surface area contributed by atoms with Crippen molar-refractivity contribution in [3.63, 3.8) is 0 Å². The molecule has 0 saturated carbocycles. The van der Waals surface area contributed by atoms with E-state index in [-0.39, 0.29) is 29.8 Å². The molecular weight excluding hydrogens is 582 g/mol. The van der Waals surface area contributed by atoms with Crippen LogP contribution < -0.4 is 9.62 Å². The lowest BCUT2D eigenvalue weighted by atomic mass is 10.0. The van der Waals surface area contributed by atoms with Crippen molar-refractivity contribution in [2.24, 2.45) is 0 Å². The quantitative estimate of drug-likeness (QED) is 0.187. The average molecular weight is 626 g/mol. The summed E-state index contributed by atoms with van der Waals surface area (Å²) < 4.78 is 29.6. The van der Waals surface area contributed by atoms with Crippen molar-refractivity contribution in [2.75, 3.05) is 10.8 Å². The first-order chi connectivity index (χ1) is 21.5. The minimum atomic E-state index is -4.14. The van der Waals surface area contributed by atoms with E-state index < -0.39 is 28.5 Å². The van der Waals surface area contributed by atoms with E-state index in [1.165, 1.54) is 4.90 Å². The molecule has 7 nitrogen and oxygen atoms in total. The van der Waals surface area contributed by atoms with Gasteiger partial charge in [-0.1, -0.05) is 91.3 Å². The molecule has 0 aromatic heterocycles. The van der Waals surface area contributed by atoms with Crippen LogP contribution in [0.4, 0.5) is 5.69 Å². The second-order valence-corrected chi connectivity index (χ2v) is 13.5. The highest BCUT2D eigenvalue weighted by molar-refractivity contribution is 7.92. The van der Waals surface area contributed by atoms with E-state index in [4.69, 9.17) is 0 Å². The number of hydrogen-bond acceptors (Lipinski definition) is 4. The Morgan fingerprint density at radius 3 is 1.96 bits per heavy atom. The molecule has 4 aromatic carbocycles. The number of sulfonamides is 1. The maximum atomic E-state index is 14.5. The Hall–Kier alpha value is -4.43. The zero-order valence-corrected chi connectivity index (χ0v) is 27.6. The number of nitrogens with one attached hydrogen (secondary N) is 1. The standard InChI is InChI=1S/C37H43N3O4S/c1-6-30(5)38-37(42)35(24-31-13-9-7-10-14-31)39(25-32-15-11-8-12-16-32)36(41)26-40(33-20-19-28(3)29(4)23-33)45(43,44)34-21-17-27(2)18-22-34/h7-23,30,35H,6,24-26H2,1-5H3,(H,38,42). The van der Waals surface area contributed by atoms with Gasteiger partial charge in [-0.05, 0) is 80.6 Å². The molecule has 1 N–H and O–H groups in total. The summed E-state index contributed by atoms with van der Waals surface area (Å²) in [4.78, 5) is 30.1. The van der Waals surface area contributed by atoms with Crippen LogP contribution >= 0.6 is 0 Å². The fourth-order valence-corrected chi connectivity index (χ4v) is 6.43. The highest BCUT2D eigenvalue weighted by atomic mass is 32.2. The van der Waals surface area contributed by atoms with Crippen molar-refractivity contribution >= 4 is 27.5 Å². The Morgan fingerprint density at radius 2 is 1.38 bits per heavy atom. The van der Waals surface area contributed by atoms with E-state index in [2.05, 4.69) is 5.32 Å². The molecule has 2 atom stereocenters. The third-order valence-corrected chi connectivity index (χ3v) is 9.92. The summed E-state index contributed by atoms with van der Waals surface area (Å²) in [6.07, 6.45) is 1.00. The zero-order chi connectivity index (χ0) is 32.6. The SMILES string of the molecule is CCC(C)NC(=O)C(Cc1ccccc1)N(Cc1ccccc1)C(=O)CN(c1ccc(C)c(C)c1)S(=O)(=O)c1ccc(C)cc1. The van der Waals surface area contributed by atoms with Crippen LogP contribution in [0.2, 0.25) is 0 Å². The first-order valence-corrected chi connectivity index (χ1v) is 16.8. The number of amides is 2. The maximum Gasteiger partial charge on any atom is 0.264 e. The summed E-state index contributed by atoms with van der Waals surface area (Å²) in [5.74, 6) is -0.760. The molecule has 0 bridgehead atoms. The summed E-state index contributed by atoms with van der Waals surface area (Å²) in [5, 5.41) is 3.07. The molecule has 0 radical (unpaired) electrons. The molecule has 0 heterocycles. The highest BCUT2D eigenvalue weighted by Gasteiger charge is 2.35. The zero-order valence-electron chi connectivity index (χ0n) is 26.7. The van der Waals surface area contributed by atoms with Crippen LogP contribution in [0.1, 0.15) is 48.1 Å². The average Bonchev–Trinajstić information content (AvgIpc) is 3.03. The van der Waals surface area contributed by atoms with Crippen LogP contribution in [0.25, 0.3) is 0 Å². The maximum absolute atomic E-state index is 14.5. The summed E-state index contributed by atoms with van der Waals surface area (Å²) in [6.45, 7) is 9.32. The number of rotatable bonds is 13. The van der Waals surface area contributed by atoms with E-state index in [0.29, 0.717) is 5.69 Å². The molecule has 2 unspecified atom stereocenters. The molecule has 4 rings (SSSR count). The predicted octanol–water partition coefficient (Wildman–Crippen LogP) is 6.36. The van der Waals surface area contributed by atoms with Crippen molar-refractivity contribution < 1.29 is 18.0 Å². The summed E-state index contributed by atoms with van der Waals surface area (Å²) >= 11 is 0. The van der Waals surface area contributed by atoms with Gasteiger partial charge in [0.05, 0.1) is 10.6 Å². The Morgan fingerprint density at radius 1 is 0.778 bits per heavy atom. The van der Waals surface area contributed by atoms with E-state index in [0.717, 1.165) is 38.5 Å². The van der Waals surface area contributed by atoms with Gasteiger partial charge in [0.1, 0.15) is 12.6 Å². The first-order valence-electron chi connectivity index (χ1n) is 15.3. The number of hydrogen-bond donors (Lipinski definition) is 1. The molecule has 45 heavy (non-hydrogen) atoms. The predicted molar refractivity (Wildman–Crippen MR) is 180 cm³/mol. The molecular formula is C37H43N3O4S. The molecule has 236 valence electrons. The largest absolute Gasteiger partial charge is 0.352 e. The van der Waals surface area contributed by atoms with Gasteiger partial charge in [-0.15, -0.1) is 0 Å². The lowest BCUT2D eigenvalue weighted by Crippen LogP contribution is -2.54. The molecule has 0 aliphatic heterocycles. The molecule has 0 fully saturated rings. The molecule has 0 aliphatic carbocycles. The van der Waals surface area contributed by atoms with E-state index >= 15 is 0 Å². The molecule has 4 aromatic rings. The summed E-state index contributed by atoms with van der Waals surface area (Å²) in [7, 11) is -4.14. The van der Waals surface area contributed by atoms with Gasteiger partial charge in [0.25, 0.3) is 10.0 Å². The van der Waals surface area contributed by atoms with Gasteiger partial charge in [0.2, 0.25) is 11.8 Å². The van der Waals surface area contributed by atoms with E-state index in [1.54, 1.807) is 36.4 Å². The van der Waals surface area contributed by atoms with Crippen molar-refractivity contribution in [3.05, 3.63) is 131 Å². The Balaban J connectivity index is 1.81. The lowest BCUT2D eigenvalue weighted by Gasteiger charge is -2.34. The highest BCUT2D eigenvalue weighted by Crippen LogP contribution is 2.27. The van der Waals surface area contributed by atoms with Gasteiger partial charge in [-0.25, -0.2) is 8.42 Å². The number of aryl methyl sites for hydroxylation is 3. The number of carbonyl (C=O) groups is 2. The minimum absolute atomic E-state index is 0.0871. The Bertz CT molecular complexity index is 1690. The normalized spacial score (nSPS) is 12.6. The van der Waals surface area contributed by atoms with Gasteiger partial charge in [-0.3, -0.25) is 13.9 Å². The molecule has 8 heteroatoms. The third kappa shape index (κ3) is 8.60. The third-order valence-electron chi connectivity index (χ3n) is 8.13. The molecule has 2 amide bonds. The van der Waals surface area contributed by atoms with Crippen LogP contribution in [0, 0.1) is 20.8 Å². The fraction of sp³-hybridized carbons (Fsp3) is 0.297. The number of anilines is 1. The lowest BCUT2D eigenvalue weighted by molar-refractivity contribution is -0.140. The number of carbonyl (C=O) groups excluding carboxylic acids is 2. The number of benzene rings is 4. The Labute approximate surface area is 268 Å². The van der Waals surface area contributed by atoms with Crippen molar-refractivity contribution in [1.82, 2.24) is 10.2 Å². The van der Waals surface area contributed by atoms with Crippen LogP contribution in [-0.2, 0) is 32.6 Å². The fourth-order valence-electron chi connectivity index (χ4n) is 5.02. The molecule has 0 saturated heterocycles. The smallest absolute Gasteiger partial charge is 0.264 e. The van der Waals surface area contributed by atoms with Gasteiger partial charge in [0, 0.05) is 19.0 Å².